The highest BCUT2D eigenvalue weighted by molar-refractivity contribution is 5.83. The molecule has 4 heteroatoms. The molecule has 1 unspecified atom stereocenters. The van der Waals surface area contributed by atoms with Crippen molar-refractivity contribution in [1.82, 2.24) is 15.2 Å². The molecular weight excluding hydrogens is 262 g/mol. The van der Waals surface area contributed by atoms with Crippen LogP contribution in [-0.2, 0) is 11.3 Å². The normalized spacial score (nSPS) is 22.3. The fourth-order valence-corrected chi connectivity index (χ4v) is 3.06. The molecule has 2 heterocycles. The topological polar surface area (TPSA) is 45.2 Å². The van der Waals surface area contributed by atoms with Crippen LogP contribution in [0.3, 0.4) is 0 Å². The first-order valence-electron chi connectivity index (χ1n) is 8.01. The molecule has 0 aliphatic carbocycles. The Hall–Kier alpha value is -1.42. The van der Waals surface area contributed by atoms with Gasteiger partial charge in [0, 0.05) is 18.8 Å². The molecule has 1 aliphatic heterocycles. The van der Waals surface area contributed by atoms with Crippen LogP contribution < -0.4 is 5.32 Å². The van der Waals surface area contributed by atoms with Gasteiger partial charge in [-0.1, -0.05) is 13.0 Å². The van der Waals surface area contributed by atoms with E-state index < -0.39 is 0 Å². The van der Waals surface area contributed by atoms with E-state index in [1.807, 2.05) is 23.1 Å². The summed E-state index contributed by atoms with van der Waals surface area (Å²) < 4.78 is 0. The molecule has 1 aromatic rings. The number of amides is 1. The second kappa shape index (κ2) is 7.03. The fraction of sp³-hybridized carbons (Fsp3) is 0.647. The van der Waals surface area contributed by atoms with Crippen LogP contribution in [0.4, 0.5) is 0 Å². The van der Waals surface area contributed by atoms with Crippen molar-refractivity contribution in [1.29, 1.82) is 0 Å². The second-order valence-electron chi connectivity index (χ2n) is 6.26. The summed E-state index contributed by atoms with van der Waals surface area (Å²) in [5.41, 5.74) is 0.715. The van der Waals surface area contributed by atoms with Gasteiger partial charge < -0.3 is 10.2 Å². The summed E-state index contributed by atoms with van der Waals surface area (Å²) in [6.45, 7) is 8.72. The minimum absolute atomic E-state index is 0.185. The minimum atomic E-state index is -0.239. The van der Waals surface area contributed by atoms with E-state index >= 15 is 0 Å². The third-order valence-corrected chi connectivity index (χ3v) is 4.55. The van der Waals surface area contributed by atoms with Crippen LogP contribution in [0, 0.1) is 5.41 Å². The molecule has 4 nitrogen and oxygen atoms in total. The maximum absolute atomic E-state index is 13.2. The molecule has 1 amide bonds. The van der Waals surface area contributed by atoms with Crippen LogP contribution in [-0.4, -0.2) is 34.9 Å². The van der Waals surface area contributed by atoms with Crippen LogP contribution in [0.5, 0.6) is 0 Å². The monoisotopic (exact) mass is 289 g/mol. The Morgan fingerprint density at radius 2 is 2.29 bits per heavy atom. The Bertz CT molecular complexity index is 452. The highest BCUT2D eigenvalue weighted by Crippen LogP contribution is 2.33. The van der Waals surface area contributed by atoms with E-state index in [2.05, 4.69) is 31.1 Å². The molecule has 0 spiro atoms. The van der Waals surface area contributed by atoms with Crippen LogP contribution in [0.1, 0.15) is 45.7 Å². The number of carbonyl (C=O) groups excluding carboxylic acids is 1. The summed E-state index contributed by atoms with van der Waals surface area (Å²) in [5, 5.41) is 3.40. The van der Waals surface area contributed by atoms with Gasteiger partial charge in [-0.2, -0.15) is 0 Å². The van der Waals surface area contributed by atoms with Crippen molar-refractivity contribution in [2.45, 2.75) is 52.6 Å². The fourth-order valence-electron chi connectivity index (χ4n) is 3.06. The predicted octanol–water partition coefficient (Wildman–Crippen LogP) is 2.60. The number of hydrogen-bond donors (Lipinski definition) is 1. The lowest BCUT2D eigenvalue weighted by atomic mass is 9.76. The molecule has 1 fully saturated rings. The van der Waals surface area contributed by atoms with Gasteiger partial charge in [-0.3, -0.25) is 9.78 Å². The van der Waals surface area contributed by atoms with E-state index in [4.69, 9.17) is 0 Å². The number of hydrogen-bond acceptors (Lipinski definition) is 3. The van der Waals surface area contributed by atoms with Crippen molar-refractivity contribution in [2.24, 2.45) is 5.41 Å². The molecular formula is C17H27N3O. The lowest BCUT2D eigenvalue weighted by molar-refractivity contribution is -0.146. The number of nitrogens with one attached hydrogen (secondary N) is 1. The third kappa shape index (κ3) is 3.62. The van der Waals surface area contributed by atoms with Crippen molar-refractivity contribution in [2.75, 3.05) is 13.1 Å². The molecule has 0 radical (unpaired) electrons. The van der Waals surface area contributed by atoms with Gasteiger partial charge in [-0.05, 0) is 51.8 Å². The zero-order valence-corrected chi connectivity index (χ0v) is 13.4. The van der Waals surface area contributed by atoms with E-state index in [-0.39, 0.29) is 17.4 Å². The highest BCUT2D eigenvalue weighted by Gasteiger charge is 2.41. The van der Waals surface area contributed by atoms with Crippen molar-refractivity contribution in [3.05, 3.63) is 30.1 Å². The number of aromatic nitrogens is 1. The maximum atomic E-state index is 13.2. The third-order valence-electron chi connectivity index (χ3n) is 4.55. The van der Waals surface area contributed by atoms with E-state index in [0.29, 0.717) is 6.54 Å². The first kappa shape index (κ1) is 16.0. The average molecular weight is 289 g/mol. The first-order valence-corrected chi connectivity index (χ1v) is 8.01. The largest absolute Gasteiger partial charge is 0.334 e. The van der Waals surface area contributed by atoms with Crippen LogP contribution >= 0.6 is 0 Å². The number of pyridine rings is 1. The molecule has 0 saturated carbocycles. The zero-order valence-electron chi connectivity index (χ0n) is 13.4. The number of piperidine rings is 1. The van der Waals surface area contributed by atoms with E-state index in [0.717, 1.165) is 38.0 Å². The lowest BCUT2D eigenvalue weighted by Crippen LogP contribution is -2.53. The number of carbonyl (C=O) groups is 1. The van der Waals surface area contributed by atoms with Gasteiger partial charge in [-0.15, -0.1) is 0 Å². The van der Waals surface area contributed by atoms with Crippen molar-refractivity contribution < 1.29 is 4.79 Å². The SMILES string of the molecule is CCC1(C(=O)N(Cc2ccccn2)C(C)C)CCCNC1. The van der Waals surface area contributed by atoms with Gasteiger partial charge in [0.1, 0.15) is 0 Å². The number of rotatable bonds is 5. The van der Waals surface area contributed by atoms with Crippen LogP contribution in [0.15, 0.2) is 24.4 Å². The molecule has 1 aromatic heterocycles. The molecule has 0 aromatic carbocycles. The summed E-state index contributed by atoms with van der Waals surface area (Å²) in [6, 6.07) is 6.05. The van der Waals surface area contributed by atoms with E-state index in [1.54, 1.807) is 6.20 Å². The molecule has 116 valence electrons. The Labute approximate surface area is 127 Å². The summed E-state index contributed by atoms with van der Waals surface area (Å²) >= 11 is 0. The van der Waals surface area contributed by atoms with E-state index in [9.17, 15) is 4.79 Å². The first-order chi connectivity index (χ1) is 10.1. The van der Waals surface area contributed by atoms with Crippen molar-refractivity contribution in [3.8, 4) is 0 Å². The Morgan fingerprint density at radius 3 is 2.81 bits per heavy atom. The summed E-state index contributed by atoms with van der Waals surface area (Å²) in [4.78, 5) is 19.5. The molecule has 2 rings (SSSR count). The Morgan fingerprint density at radius 1 is 1.48 bits per heavy atom. The smallest absolute Gasteiger partial charge is 0.230 e. The van der Waals surface area contributed by atoms with Gasteiger partial charge in [0.2, 0.25) is 5.91 Å². The summed E-state index contributed by atoms with van der Waals surface area (Å²) in [7, 11) is 0. The average Bonchev–Trinajstić information content (AvgIpc) is 2.53. The molecule has 1 atom stereocenters. The van der Waals surface area contributed by atoms with Crippen molar-refractivity contribution >= 4 is 5.91 Å². The van der Waals surface area contributed by atoms with Crippen LogP contribution in [0.25, 0.3) is 0 Å². The molecule has 0 bridgehead atoms. The van der Waals surface area contributed by atoms with Crippen LogP contribution in [0.2, 0.25) is 0 Å². The summed E-state index contributed by atoms with van der Waals surface area (Å²) in [5.74, 6) is 0.276. The maximum Gasteiger partial charge on any atom is 0.230 e. The molecule has 21 heavy (non-hydrogen) atoms. The molecule has 1 aliphatic rings. The van der Waals surface area contributed by atoms with Gasteiger partial charge in [0.15, 0.2) is 0 Å². The lowest BCUT2D eigenvalue weighted by Gasteiger charge is -2.41. The van der Waals surface area contributed by atoms with Gasteiger partial charge >= 0.3 is 0 Å². The summed E-state index contributed by atoms with van der Waals surface area (Å²) in [6.07, 6.45) is 4.75. The molecule has 1 saturated heterocycles. The van der Waals surface area contributed by atoms with E-state index in [1.165, 1.54) is 0 Å². The highest BCUT2D eigenvalue weighted by atomic mass is 16.2. The van der Waals surface area contributed by atoms with Gasteiger partial charge in [0.25, 0.3) is 0 Å². The standard InChI is InChI=1S/C17H27N3O/c1-4-17(9-7-10-18-13-17)16(21)20(14(2)3)12-15-8-5-6-11-19-15/h5-6,8,11,14,18H,4,7,9-10,12-13H2,1-3H3. The Kier molecular flexibility index (Phi) is 5.34. The quantitative estimate of drug-likeness (QED) is 0.906. The zero-order chi connectivity index (χ0) is 15.3. The van der Waals surface area contributed by atoms with Crippen molar-refractivity contribution in [3.63, 3.8) is 0 Å². The second-order valence-corrected chi connectivity index (χ2v) is 6.26. The predicted molar refractivity (Wildman–Crippen MR) is 84.8 cm³/mol. The van der Waals surface area contributed by atoms with Gasteiger partial charge in [-0.25, -0.2) is 0 Å². The minimum Gasteiger partial charge on any atom is -0.334 e. The van der Waals surface area contributed by atoms with Gasteiger partial charge in [0.05, 0.1) is 17.7 Å². The molecule has 1 N–H and O–H groups in total. The number of nitrogens with zero attached hydrogens (tertiary/aromatic N) is 2. The Balaban J connectivity index is 2.18.